The molecule has 1 fully saturated rings. The topological polar surface area (TPSA) is 37.4 Å². The van der Waals surface area contributed by atoms with Crippen molar-refractivity contribution in [3.05, 3.63) is 18.3 Å². The van der Waals surface area contributed by atoms with Crippen LogP contribution in [0.5, 0.6) is 5.75 Å². The third kappa shape index (κ3) is 3.85. The number of hydrogen-bond donors (Lipinski definition) is 1. The van der Waals surface area contributed by atoms with Crippen molar-refractivity contribution in [3.8, 4) is 5.75 Å². The first-order chi connectivity index (χ1) is 9.86. The molecule has 0 radical (unpaired) electrons. The van der Waals surface area contributed by atoms with Crippen LogP contribution in [-0.4, -0.2) is 37.3 Å². The van der Waals surface area contributed by atoms with Crippen molar-refractivity contribution in [2.24, 2.45) is 0 Å². The zero-order valence-electron chi connectivity index (χ0n) is 12.8. The van der Waals surface area contributed by atoms with Gasteiger partial charge in [0.1, 0.15) is 0 Å². The molecule has 1 aliphatic rings. The summed E-state index contributed by atoms with van der Waals surface area (Å²) in [4.78, 5) is 7.00. The van der Waals surface area contributed by atoms with Crippen molar-refractivity contribution in [3.63, 3.8) is 0 Å². The average Bonchev–Trinajstić information content (AvgIpc) is 2.49. The highest BCUT2D eigenvalue weighted by Gasteiger charge is 2.25. The molecule has 20 heavy (non-hydrogen) atoms. The molecular weight excluding hydrogens is 250 g/mol. The summed E-state index contributed by atoms with van der Waals surface area (Å²) in [6.07, 6.45) is 6.83. The van der Waals surface area contributed by atoms with Crippen LogP contribution >= 0.6 is 0 Å². The fraction of sp³-hybridized carbons (Fsp3) is 0.688. The zero-order valence-corrected chi connectivity index (χ0v) is 12.8. The minimum absolute atomic E-state index is 0.532. The molecule has 2 heterocycles. The third-order valence-corrected chi connectivity index (χ3v) is 3.76. The predicted molar refractivity (Wildman–Crippen MR) is 83.6 cm³/mol. The lowest BCUT2D eigenvalue weighted by atomic mass is 10.0. The van der Waals surface area contributed by atoms with Gasteiger partial charge in [-0.1, -0.05) is 6.92 Å². The molecule has 2 rings (SSSR count). The van der Waals surface area contributed by atoms with Crippen LogP contribution in [-0.2, 0) is 0 Å². The standard InChI is InChI=1S/C16H27N3O/c1-3-10-17-13-14-8-5-6-12-19(14)16-15(20-4-2)9-7-11-18-16/h7,9,11,14,17H,3-6,8,10,12-13H2,1-2H3. The Bertz CT molecular complexity index is 397. The van der Waals surface area contributed by atoms with Crippen molar-refractivity contribution in [2.75, 3.05) is 31.1 Å². The van der Waals surface area contributed by atoms with Crippen molar-refractivity contribution in [1.29, 1.82) is 0 Å². The first kappa shape index (κ1) is 15.1. The number of hydrogen-bond acceptors (Lipinski definition) is 4. The van der Waals surface area contributed by atoms with E-state index in [1.165, 1.54) is 25.7 Å². The van der Waals surface area contributed by atoms with Gasteiger partial charge in [-0.3, -0.25) is 0 Å². The minimum Gasteiger partial charge on any atom is -0.490 e. The molecule has 0 spiro atoms. The van der Waals surface area contributed by atoms with Crippen LogP contribution in [0.1, 0.15) is 39.5 Å². The molecule has 1 unspecified atom stereocenters. The molecule has 0 aliphatic carbocycles. The normalized spacial score (nSPS) is 19.1. The van der Waals surface area contributed by atoms with E-state index in [4.69, 9.17) is 4.74 Å². The molecule has 1 aromatic rings. The zero-order chi connectivity index (χ0) is 14.2. The van der Waals surface area contributed by atoms with Gasteiger partial charge in [0, 0.05) is 25.3 Å². The Morgan fingerprint density at radius 1 is 1.40 bits per heavy atom. The molecule has 0 aromatic carbocycles. The van der Waals surface area contributed by atoms with Gasteiger partial charge in [-0.05, 0) is 51.3 Å². The summed E-state index contributed by atoms with van der Waals surface area (Å²) in [5.41, 5.74) is 0. The first-order valence-electron chi connectivity index (χ1n) is 7.92. The molecule has 1 aliphatic heterocycles. The Balaban J connectivity index is 2.10. The molecule has 0 amide bonds. The van der Waals surface area contributed by atoms with E-state index in [9.17, 15) is 0 Å². The number of anilines is 1. The van der Waals surface area contributed by atoms with Gasteiger partial charge in [-0.15, -0.1) is 0 Å². The molecular formula is C16H27N3O. The van der Waals surface area contributed by atoms with Gasteiger partial charge in [0.15, 0.2) is 11.6 Å². The predicted octanol–water partition coefficient (Wildman–Crippen LogP) is 2.84. The summed E-state index contributed by atoms with van der Waals surface area (Å²) < 4.78 is 5.74. The van der Waals surface area contributed by atoms with Crippen LogP contribution < -0.4 is 15.0 Å². The summed E-state index contributed by atoms with van der Waals surface area (Å²) in [5.74, 6) is 1.93. The third-order valence-electron chi connectivity index (χ3n) is 3.76. The number of piperidine rings is 1. The molecule has 4 nitrogen and oxygen atoms in total. The quantitative estimate of drug-likeness (QED) is 0.778. The van der Waals surface area contributed by atoms with Gasteiger partial charge in [0.2, 0.25) is 0 Å². The van der Waals surface area contributed by atoms with E-state index in [0.717, 1.165) is 31.2 Å². The SMILES string of the molecule is CCCNCC1CCCCN1c1ncccc1OCC. The number of aromatic nitrogens is 1. The minimum atomic E-state index is 0.532. The van der Waals surface area contributed by atoms with Crippen LogP contribution in [0.2, 0.25) is 0 Å². The summed E-state index contributed by atoms with van der Waals surface area (Å²) >= 11 is 0. The average molecular weight is 277 g/mol. The van der Waals surface area contributed by atoms with E-state index in [1.54, 1.807) is 0 Å². The van der Waals surface area contributed by atoms with Gasteiger partial charge in [-0.25, -0.2) is 4.98 Å². The highest BCUT2D eigenvalue weighted by Crippen LogP contribution is 2.30. The monoisotopic (exact) mass is 277 g/mol. The van der Waals surface area contributed by atoms with Gasteiger partial charge < -0.3 is 15.0 Å². The van der Waals surface area contributed by atoms with Crippen molar-refractivity contribution in [1.82, 2.24) is 10.3 Å². The molecule has 1 N–H and O–H groups in total. The van der Waals surface area contributed by atoms with E-state index in [-0.39, 0.29) is 0 Å². The maximum Gasteiger partial charge on any atom is 0.171 e. The fourth-order valence-electron chi connectivity index (χ4n) is 2.80. The van der Waals surface area contributed by atoms with Crippen LogP contribution in [0.25, 0.3) is 0 Å². The van der Waals surface area contributed by atoms with Gasteiger partial charge in [-0.2, -0.15) is 0 Å². The molecule has 0 saturated carbocycles. The van der Waals surface area contributed by atoms with Crippen LogP contribution in [0, 0.1) is 0 Å². The van der Waals surface area contributed by atoms with Crippen LogP contribution in [0.15, 0.2) is 18.3 Å². The molecule has 112 valence electrons. The first-order valence-corrected chi connectivity index (χ1v) is 7.92. The fourth-order valence-corrected chi connectivity index (χ4v) is 2.80. The number of nitrogens with one attached hydrogen (secondary N) is 1. The lowest BCUT2D eigenvalue weighted by Crippen LogP contribution is -2.46. The maximum atomic E-state index is 5.74. The summed E-state index contributed by atoms with van der Waals surface area (Å²) in [7, 11) is 0. The molecule has 1 saturated heterocycles. The van der Waals surface area contributed by atoms with E-state index in [1.807, 2.05) is 25.3 Å². The second kappa shape index (κ2) is 8.10. The van der Waals surface area contributed by atoms with E-state index in [0.29, 0.717) is 12.6 Å². The maximum absolute atomic E-state index is 5.74. The Hall–Kier alpha value is -1.29. The highest BCUT2D eigenvalue weighted by molar-refractivity contribution is 5.53. The Kier molecular flexibility index (Phi) is 6.12. The second-order valence-corrected chi connectivity index (χ2v) is 5.31. The molecule has 1 aromatic heterocycles. The van der Waals surface area contributed by atoms with E-state index in [2.05, 4.69) is 22.1 Å². The van der Waals surface area contributed by atoms with Crippen molar-refractivity contribution >= 4 is 5.82 Å². The molecule has 0 bridgehead atoms. The Labute approximate surface area is 122 Å². The van der Waals surface area contributed by atoms with Gasteiger partial charge >= 0.3 is 0 Å². The lowest BCUT2D eigenvalue weighted by molar-refractivity contribution is 0.335. The Morgan fingerprint density at radius 3 is 3.10 bits per heavy atom. The summed E-state index contributed by atoms with van der Waals surface area (Å²) in [6, 6.07) is 4.50. The molecule has 4 heteroatoms. The second-order valence-electron chi connectivity index (χ2n) is 5.31. The largest absolute Gasteiger partial charge is 0.490 e. The number of rotatable bonds is 7. The number of ether oxygens (including phenoxy) is 1. The van der Waals surface area contributed by atoms with Gasteiger partial charge in [0.05, 0.1) is 6.61 Å². The van der Waals surface area contributed by atoms with Gasteiger partial charge in [0.25, 0.3) is 0 Å². The smallest absolute Gasteiger partial charge is 0.171 e. The molecule has 1 atom stereocenters. The summed E-state index contributed by atoms with van der Waals surface area (Å²) in [6.45, 7) is 8.12. The van der Waals surface area contributed by atoms with Crippen LogP contribution in [0.4, 0.5) is 5.82 Å². The van der Waals surface area contributed by atoms with E-state index >= 15 is 0 Å². The van der Waals surface area contributed by atoms with E-state index < -0.39 is 0 Å². The lowest BCUT2D eigenvalue weighted by Gasteiger charge is -2.37. The Morgan fingerprint density at radius 2 is 2.30 bits per heavy atom. The highest BCUT2D eigenvalue weighted by atomic mass is 16.5. The van der Waals surface area contributed by atoms with Crippen molar-refractivity contribution in [2.45, 2.75) is 45.6 Å². The number of pyridine rings is 1. The van der Waals surface area contributed by atoms with Crippen molar-refractivity contribution < 1.29 is 4.74 Å². The number of nitrogens with zero attached hydrogens (tertiary/aromatic N) is 2. The summed E-state index contributed by atoms with van der Waals surface area (Å²) in [5, 5.41) is 3.55. The van der Waals surface area contributed by atoms with Crippen LogP contribution in [0.3, 0.4) is 0 Å².